The molecular formula is C13H15BrN2O4. The number of nitrogens with one attached hydrogen (secondary N) is 1. The van der Waals surface area contributed by atoms with E-state index in [2.05, 4.69) is 21.2 Å². The van der Waals surface area contributed by atoms with Crippen LogP contribution in [-0.4, -0.2) is 22.0 Å². The molecule has 0 saturated heterocycles. The number of halogens is 1. The van der Waals surface area contributed by atoms with Gasteiger partial charge in [0.25, 0.3) is 5.69 Å². The molecule has 6 nitrogen and oxygen atoms in total. The molecule has 0 aromatic heterocycles. The van der Waals surface area contributed by atoms with Crippen molar-refractivity contribution in [3.8, 4) is 0 Å². The van der Waals surface area contributed by atoms with Gasteiger partial charge in [0.15, 0.2) is 0 Å². The number of hydrogen-bond acceptors (Lipinski definition) is 4. The highest BCUT2D eigenvalue weighted by Crippen LogP contribution is 2.33. The van der Waals surface area contributed by atoms with E-state index in [-0.39, 0.29) is 11.7 Å². The van der Waals surface area contributed by atoms with Gasteiger partial charge in [-0.25, -0.2) is 0 Å². The van der Waals surface area contributed by atoms with E-state index in [0.717, 1.165) is 12.8 Å². The number of nitro benzene ring substituents is 1. The van der Waals surface area contributed by atoms with Gasteiger partial charge < -0.3 is 10.4 Å². The third-order valence-corrected chi connectivity index (χ3v) is 4.07. The van der Waals surface area contributed by atoms with Crippen LogP contribution in [0.2, 0.25) is 0 Å². The molecular weight excluding hydrogens is 328 g/mol. The van der Waals surface area contributed by atoms with Crippen molar-refractivity contribution in [1.29, 1.82) is 0 Å². The van der Waals surface area contributed by atoms with Crippen LogP contribution < -0.4 is 5.32 Å². The van der Waals surface area contributed by atoms with Gasteiger partial charge in [-0.05, 0) is 25.0 Å². The summed E-state index contributed by atoms with van der Waals surface area (Å²) in [5.41, 5.74) is 0.324. The first-order valence-electron chi connectivity index (χ1n) is 6.42. The Hall–Kier alpha value is -1.63. The van der Waals surface area contributed by atoms with Crippen LogP contribution in [-0.2, 0) is 4.79 Å². The molecule has 2 atom stereocenters. The Labute approximate surface area is 124 Å². The number of benzene rings is 1. The van der Waals surface area contributed by atoms with Crippen molar-refractivity contribution in [2.45, 2.75) is 31.7 Å². The van der Waals surface area contributed by atoms with Gasteiger partial charge in [0.05, 0.1) is 10.8 Å². The minimum atomic E-state index is -0.845. The molecule has 0 radical (unpaired) electrons. The first kappa shape index (κ1) is 14.8. The van der Waals surface area contributed by atoms with E-state index in [0.29, 0.717) is 23.0 Å². The molecule has 0 heterocycles. The SMILES string of the molecule is O=C(O)C1CCCCC1Nc1ccc(Br)cc1[N+](=O)[O-]. The Bertz CT molecular complexity index is 535. The summed E-state index contributed by atoms with van der Waals surface area (Å²) in [6.07, 6.45) is 3.14. The van der Waals surface area contributed by atoms with Gasteiger partial charge in [0.1, 0.15) is 5.69 Å². The van der Waals surface area contributed by atoms with Crippen molar-refractivity contribution in [3.05, 3.63) is 32.8 Å². The number of rotatable bonds is 4. The minimum absolute atomic E-state index is 0.0471. The summed E-state index contributed by atoms with van der Waals surface area (Å²) in [7, 11) is 0. The van der Waals surface area contributed by atoms with Crippen LogP contribution in [0.15, 0.2) is 22.7 Å². The van der Waals surface area contributed by atoms with E-state index < -0.39 is 16.8 Å². The molecule has 1 saturated carbocycles. The zero-order valence-electron chi connectivity index (χ0n) is 10.7. The van der Waals surface area contributed by atoms with E-state index in [4.69, 9.17) is 0 Å². The van der Waals surface area contributed by atoms with E-state index >= 15 is 0 Å². The lowest BCUT2D eigenvalue weighted by molar-refractivity contribution is -0.384. The molecule has 0 spiro atoms. The quantitative estimate of drug-likeness (QED) is 0.646. The third-order valence-electron chi connectivity index (χ3n) is 3.58. The van der Waals surface area contributed by atoms with Gasteiger partial charge in [-0.3, -0.25) is 14.9 Å². The van der Waals surface area contributed by atoms with E-state index in [1.807, 2.05) is 0 Å². The van der Waals surface area contributed by atoms with Gasteiger partial charge in [0.2, 0.25) is 0 Å². The molecule has 0 aliphatic heterocycles. The van der Waals surface area contributed by atoms with Crippen molar-refractivity contribution in [2.24, 2.45) is 5.92 Å². The van der Waals surface area contributed by atoms with Crippen molar-refractivity contribution >= 4 is 33.3 Å². The van der Waals surface area contributed by atoms with Crippen LogP contribution in [0.25, 0.3) is 0 Å². The van der Waals surface area contributed by atoms with Crippen LogP contribution in [0.3, 0.4) is 0 Å². The molecule has 1 aromatic rings. The standard InChI is InChI=1S/C13H15BrN2O4/c14-8-5-6-11(12(7-8)16(19)20)15-10-4-2-1-3-9(10)13(17)18/h5-7,9-10,15H,1-4H2,(H,17,18). The maximum Gasteiger partial charge on any atom is 0.308 e. The minimum Gasteiger partial charge on any atom is -0.481 e. The van der Waals surface area contributed by atoms with Gasteiger partial charge in [-0.2, -0.15) is 0 Å². The second kappa shape index (κ2) is 6.21. The summed E-state index contributed by atoms with van der Waals surface area (Å²) in [6, 6.07) is 4.46. The van der Waals surface area contributed by atoms with Crippen molar-refractivity contribution in [1.82, 2.24) is 0 Å². The zero-order chi connectivity index (χ0) is 14.7. The summed E-state index contributed by atoms with van der Waals surface area (Å²) in [6.45, 7) is 0. The number of hydrogen-bond donors (Lipinski definition) is 2. The average Bonchev–Trinajstić information content (AvgIpc) is 2.41. The topological polar surface area (TPSA) is 92.5 Å². The fraction of sp³-hybridized carbons (Fsp3) is 0.462. The van der Waals surface area contributed by atoms with Crippen molar-refractivity contribution in [3.63, 3.8) is 0 Å². The predicted molar refractivity (Wildman–Crippen MR) is 77.8 cm³/mol. The summed E-state index contributed by atoms with van der Waals surface area (Å²) in [4.78, 5) is 21.8. The number of carbonyl (C=O) groups is 1. The Morgan fingerprint density at radius 1 is 1.40 bits per heavy atom. The highest BCUT2D eigenvalue weighted by molar-refractivity contribution is 9.10. The number of carboxylic acid groups (broad SMARTS) is 1. The maximum absolute atomic E-state index is 11.2. The first-order valence-corrected chi connectivity index (χ1v) is 7.21. The smallest absolute Gasteiger partial charge is 0.308 e. The highest BCUT2D eigenvalue weighted by atomic mass is 79.9. The van der Waals surface area contributed by atoms with E-state index in [1.165, 1.54) is 6.07 Å². The number of anilines is 1. The lowest BCUT2D eigenvalue weighted by Crippen LogP contribution is -2.37. The van der Waals surface area contributed by atoms with Gasteiger partial charge in [-0.1, -0.05) is 28.8 Å². The first-order chi connectivity index (χ1) is 9.49. The molecule has 20 heavy (non-hydrogen) atoms. The average molecular weight is 343 g/mol. The van der Waals surface area contributed by atoms with Crippen LogP contribution in [0, 0.1) is 16.0 Å². The summed E-state index contributed by atoms with van der Waals surface area (Å²) < 4.78 is 0.619. The van der Waals surface area contributed by atoms with Crippen LogP contribution in [0.5, 0.6) is 0 Å². The van der Waals surface area contributed by atoms with Crippen LogP contribution >= 0.6 is 15.9 Å². The van der Waals surface area contributed by atoms with Crippen molar-refractivity contribution < 1.29 is 14.8 Å². The van der Waals surface area contributed by atoms with Crippen molar-refractivity contribution in [2.75, 3.05) is 5.32 Å². The second-order valence-corrected chi connectivity index (χ2v) is 5.81. The van der Waals surface area contributed by atoms with Gasteiger partial charge >= 0.3 is 5.97 Å². The fourth-order valence-electron chi connectivity index (χ4n) is 2.58. The Morgan fingerprint density at radius 3 is 2.75 bits per heavy atom. The fourth-order valence-corrected chi connectivity index (χ4v) is 2.93. The maximum atomic E-state index is 11.2. The Kier molecular flexibility index (Phi) is 4.59. The summed E-state index contributed by atoms with van der Waals surface area (Å²) in [5, 5.41) is 23.3. The van der Waals surface area contributed by atoms with Gasteiger partial charge in [0, 0.05) is 16.6 Å². The van der Waals surface area contributed by atoms with Crippen LogP contribution in [0.4, 0.5) is 11.4 Å². The Balaban J connectivity index is 2.24. The second-order valence-electron chi connectivity index (χ2n) is 4.90. The molecule has 1 aliphatic carbocycles. The highest BCUT2D eigenvalue weighted by Gasteiger charge is 2.32. The largest absolute Gasteiger partial charge is 0.481 e. The molecule has 108 valence electrons. The lowest BCUT2D eigenvalue weighted by atomic mass is 9.84. The zero-order valence-corrected chi connectivity index (χ0v) is 12.3. The molecule has 0 amide bonds. The number of carboxylic acids is 1. The molecule has 1 fully saturated rings. The molecule has 2 unspecified atom stereocenters. The normalized spacial score (nSPS) is 22.2. The van der Waals surface area contributed by atoms with E-state index in [1.54, 1.807) is 12.1 Å². The molecule has 2 rings (SSSR count). The van der Waals surface area contributed by atoms with Crippen LogP contribution in [0.1, 0.15) is 25.7 Å². The lowest BCUT2D eigenvalue weighted by Gasteiger charge is -2.29. The third kappa shape index (κ3) is 3.27. The number of aliphatic carboxylic acids is 1. The molecule has 0 bridgehead atoms. The summed E-state index contributed by atoms with van der Waals surface area (Å²) in [5.74, 6) is -1.34. The van der Waals surface area contributed by atoms with Gasteiger partial charge in [-0.15, -0.1) is 0 Å². The summed E-state index contributed by atoms with van der Waals surface area (Å²) >= 11 is 3.20. The van der Waals surface area contributed by atoms with E-state index in [9.17, 15) is 20.0 Å². The monoisotopic (exact) mass is 342 g/mol. The predicted octanol–water partition coefficient (Wildman–Crippen LogP) is 3.41. The number of nitrogens with zero attached hydrogens (tertiary/aromatic N) is 1. The molecule has 2 N–H and O–H groups in total. The molecule has 1 aromatic carbocycles. The number of nitro groups is 1. The Morgan fingerprint density at radius 2 is 2.10 bits per heavy atom. The molecule has 7 heteroatoms. The molecule has 1 aliphatic rings.